The fraction of sp³-hybridized carbons (Fsp3) is 0.429. The molecule has 3 heteroatoms. The molecule has 0 saturated carbocycles. The van der Waals surface area contributed by atoms with Gasteiger partial charge in [-0.15, -0.1) is 0 Å². The summed E-state index contributed by atoms with van der Waals surface area (Å²) in [5.74, 6) is 0.933. The molecule has 3 nitrogen and oxygen atoms in total. The summed E-state index contributed by atoms with van der Waals surface area (Å²) in [6, 6.07) is 0. The maximum atomic E-state index is 4.12. The maximum absolute atomic E-state index is 4.12. The van der Waals surface area contributed by atoms with Crippen molar-refractivity contribution in [2.45, 2.75) is 6.92 Å². The minimum Gasteiger partial charge on any atom is -0.333 e. The van der Waals surface area contributed by atoms with Crippen LogP contribution in [0.5, 0.6) is 0 Å². The SMILES string of the molecule is CN=C(C)c1nccn1C. The van der Waals surface area contributed by atoms with Crippen LogP contribution in [0, 0.1) is 0 Å². The van der Waals surface area contributed by atoms with E-state index in [-0.39, 0.29) is 0 Å². The van der Waals surface area contributed by atoms with Crippen molar-refractivity contribution in [3.05, 3.63) is 18.2 Å². The van der Waals surface area contributed by atoms with E-state index >= 15 is 0 Å². The van der Waals surface area contributed by atoms with Crippen LogP contribution in [0.15, 0.2) is 17.4 Å². The lowest BCUT2D eigenvalue weighted by atomic mass is 10.4. The van der Waals surface area contributed by atoms with Gasteiger partial charge in [-0.25, -0.2) is 4.98 Å². The maximum Gasteiger partial charge on any atom is 0.153 e. The minimum atomic E-state index is 0.933. The van der Waals surface area contributed by atoms with Crippen molar-refractivity contribution in [2.75, 3.05) is 7.05 Å². The third kappa shape index (κ3) is 1.07. The Bertz CT molecular complexity index is 247. The summed E-state index contributed by atoms with van der Waals surface area (Å²) in [6.45, 7) is 1.95. The molecule has 0 radical (unpaired) electrons. The molecule has 1 aromatic heterocycles. The molecule has 0 atom stereocenters. The molecule has 0 N–H and O–H groups in total. The highest BCUT2D eigenvalue weighted by Gasteiger charge is 1.99. The second-order valence-electron chi connectivity index (χ2n) is 2.17. The highest BCUT2D eigenvalue weighted by molar-refractivity contribution is 5.95. The second kappa shape index (κ2) is 2.64. The number of imidazole rings is 1. The average molecular weight is 137 g/mol. The zero-order chi connectivity index (χ0) is 7.56. The van der Waals surface area contributed by atoms with Gasteiger partial charge in [0.05, 0.1) is 5.71 Å². The van der Waals surface area contributed by atoms with Crippen LogP contribution < -0.4 is 0 Å². The summed E-state index contributed by atoms with van der Waals surface area (Å²) in [6.07, 6.45) is 3.67. The van der Waals surface area contributed by atoms with Gasteiger partial charge in [-0.05, 0) is 6.92 Å². The zero-order valence-electron chi connectivity index (χ0n) is 6.50. The number of aryl methyl sites for hydroxylation is 1. The molecule has 0 aliphatic rings. The van der Waals surface area contributed by atoms with Crippen molar-refractivity contribution in [1.29, 1.82) is 0 Å². The smallest absolute Gasteiger partial charge is 0.153 e. The Morgan fingerprint density at radius 2 is 2.40 bits per heavy atom. The minimum absolute atomic E-state index is 0.933. The summed E-state index contributed by atoms with van der Waals surface area (Å²) in [4.78, 5) is 8.14. The largest absolute Gasteiger partial charge is 0.333 e. The van der Waals surface area contributed by atoms with Crippen molar-refractivity contribution < 1.29 is 0 Å². The lowest BCUT2D eigenvalue weighted by molar-refractivity contribution is 0.895. The highest BCUT2D eigenvalue weighted by atomic mass is 15.0. The van der Waals surface area contributed by atoms with E-state index in [2.05, 4.69) is 9.98 Å². The van der Waals surface area contributed by atoms with Crippen molar-refractivity contribution in [3.63, 3.8) is 0 Å². The summed E-state index contributed by atoms with van der Waals surface area (Å²) in [7, 11) is 3.72. The number of hydrogen-bond acceptors (Lipinski definition) is 2. The van der Waals surface area contributed by atoms with Crippen LogP contribution >= 0.6 is 0 Å². The molecule has 54 valence electrons. The van der Waals surface area contributed by atoms with Crippen LogP contribution in [0.1, 0.15) is 12.7 Å². The first kappa shape index (κ1) is 6.99. The van der Waals surface area contributed by atoms with Gasteiger partial charge < -0.3 is 4.57 Å². The fourth-order valence-corrected chi connectivity index (χ4v) is 0.814. The predicted molar refractivity (Wildman–Crippen MR) is 41.3 cm³/mol. The molecule has 0 saturated heterocycles. The Morgan fingerprint density at radius 3 is 2.80 bits per heavy atom. The first-order chi connectivity index (χ1) is 4.75. The summed E-state index contributed by atoms with van der Waals surface area (Å²) >= 11 is 0. The molecular formula is C7H11N3. The van der Waals surface area contributed by atoms with Crippen LogP contribution in [-0.4, -0.2) is 22.3 Å². The topological polar surface area (TPSA) is 30.2 Å². The lowest BCUT2D eigenvalue weighted by Gasteiger charge is -1.97. The number of hydrogen-bond donors (Lipinski definition) is 0. The van der Waals surface area contributed by atoms with Gasteiger partial charge in [-0.2, -0.15) is 0 Å². The molecule has 0 fully saturated rings. The molecule has 0 aliphatic heterocycles. The van der Waals surface area contributed by atoms with E-state index in [1.807, 2.05) is 24.7 Å². The number of aliphatic imine (C=N–C) groups is 1. The standard InChI is InChI=1S/C7H11N3/c1-6(8-2)7-9-4-5-10(7)3/h4-5H,1-3H3. The van der Waals surface area contributed by atoms with Gasteiger partial charge in [0.15, 0.2) is 5.82 Å². The Labute approximate surface area is 60.4 Å². The lowest BCUT2D eigenvalue weighted by Crippen LogP contribution is -2.03. The van der Waals surface area contributed by atoms with Crippen molar-refractivity contribution in [3.8, 4) is 0 Å². The van der Waals surface area contributed by atoms with Gasteiger partial charge in [0, 0.05) is 26.5 Å². The van der Waals surface area contributed by atoms with E-state index in [1.54, 1.807) is 13.2 Å². The summed E-state index contributed by atoms with van der Waals surface area (Å²) < 4.78 is 1.95. The van der Waals surface area contributed by atoms with Gasteiger partial charge in [0.1, 0.15) is 0 Å². The van der Waals surface area contributed by atoms with Gasteiger partial charge >= 0.3 is 0 Å². The molecule has 0 unspecified atom stereocenters. The summed E-state index contributed by atoms with van der Waals surface area (Å²) in [5.41, 5.74) is 0.965. The van der Waals surface area contributed by atoms with Gasteiger partial charge in [0.25, 0.3) is 0 Å². The van der Waals surface area contributed by atoms with Crippen LogP contribution in [0.3, 0.4) is 0 Å². The number of aromatic nitrogens is 2. The predicted octanol–water partition coefficient (Wildman–Crippen LogP) is 0.859. The molecule has 0 bridgehead atoms. The first-order valence-electron chi connectivity index (χ1n) is 3.16. The molecular weight excluding hydrogens is 126 g/mol. The fourth-order valence-electron chi connectivity index (χ4n) is 0.814. The zero-order valence-corrected chi connectivity index (χ0v) is 6.50. The third-order valence-corrected chi connectivity index (χ3v) is 1.48. The van der Waals surface area contributed by atoms with Crippen LogP contribution in [0.4, 0.5) is 0 Å². The highest BCUT2D eigenvalue weighted by Crippen LogP contribution is 1.95. The van der Waals surface area contributed by atoms with Gasteiger partial charge in [-0.1, -0.05) is 0 Å². The molecule has 1 heterocycles. The van der Waals surface area contributed by atoms with E-state index in [0.717, 1.165) is 11.5 Å². The third-order valence-electron chi connectivity index (χ3n) is 1.48. The normalized spacial score (nSPS) is 12.1. The van der Waals surface area contributed by atoms with Crippen LogP contribution in [0.25, 0.3) is 0 Å². The van der Waals surface area contributed by atoms with Crippen molar-refractivity contribution >= 4 is 5.71 Å². The van der Waals surface area contributed by atoms with E-state index in [1.165, 1.54) is 0 Å². The van der Waals surface area contributed by atoms with Crippen molar-refractivity contribution in [1.82, 2.24) is 9.55 Å². The van der Waals surface area contributed by atoms with E-state index in [4.69, 9.17) is 0 Å². The second-order valence-corrected chi connectivity index (χ2v) is 2.17. The van der Waals surface area contributed by atoms with Crippen LogP contribution in [0.2, 0.25) is 0 Å². The quantitative estimate of drug-likeness (QED) is 0.528. The average Bonchev–Trinajstić information content (AvgIpc) is 2.34. The molecule has 0 aromatic carbocycles. The monoisotopic (exact) mass is 137 g/mol. The molecule has 0 aliphatic carbocycles. The van der Waals surface area contributed by atoms with Crippen molar-refractivity contribution in [2.24, 2.45) is 12.0 Å². The molecule has 0 spiro atoms. The van der Waals surface area contributed by atoms with Crippen LogP contribution in [-0.2, 0) is 7.05 Å². The van der Waals surface area contributed by atoms with Gasteiger partial charge in [-0.3, -0.25) is 4.99 Å². The number of nitrogens with zero attached hydrogens (tertiary/aromatic N) is 3. The summed E-state index contributed by atoms with van der Waals surface area (Å²) in [5, 5.41) is 0. The van der Waals surface area contributed by atoms with E-state index in [0.29, 0.717) is 0 Å². The van der Waals surface area contributed by atoms with Gasteiger partial charge in [0.2, 0.25) is 0 Å². The molecule has 1 rings (SSSR count). The Balaban J connectivity index is 3.05. The van der Waals surface area contributed by atoms with E-state index < -0.39 is 0 Å². The number of rotatable bonds is 1. The Morgan fingerprint density at radius 1 is 1.70 bits per heavy atom. The molecule has 10 heavy (non-hydrogen) atoms. The first-order valence-corrected chi connectivity index (χ1v) is 3.16. The Hall–Kier alpha value is -1.12. The Kier molecular flexibility index (Phi) is 1.85. The molecule has 1 aromatic rings. The molecule has 0 amide bonds. The van der Waals surface area contributed by atoms with E-state index in [9.17, 15) is 0 Å².